The number of anilines is 2. The van der Waals surface area contributed by atoms with E-state index in [0.29, 0.717) is 24.5 Å². The molecule has 0 fully saturated rings. The third-order valence-corrected chi connectivity index (χ3v) is 4.23. The van der Waals surface area contributed by atoms with Crippen LogP contribution in [-0.2, 0) is 6.54 Å². The Morgan fingerprint density at radius 2 is 2.05 bits per heavy atom. The predicted octanol–water partition coefficient (Wildman–Crippen LogP) is 4.10. The first-order valence-electron chi connectivity index (χ1n) is 6.52. The molecule has 1 aromatic heterocycles. The number of ether oxygens (including phenoxy) is 1. The highest BCUT2D eigenvalue weighted by Crippen LogP contribution is 2.29. The van der Waals surface area contributed by atoms with Gasteiger partial charge in [0.25, 0.3) is 0 Å². The second-order valence-corrected chi connectivity index (χ2v) is 5.95. The zero-order chi connectivity index (χ0) is 14.7. The van der Waals surface area contributed by atoms with E-state index in [0.717, 1.165) is 0 Å². The van der Waals surface area contributed by atoms with Crippen LogP contribution in [0.1, 0.15) is 22.2 Å². The molecule has 0 aliphatic carbocycles. The summed E-state index contributed by atoms with van der Waals surface area (Å²) in [6.45, 7) is 7.10. The molecular formula is C15H19FN2OS. The van der Waals surface area contributed by atoms with E-state index in [1.165, 1.54) is 21.4 Å². The Hall–Kier alpha value is -1.75. The first-order chi connectivity index (χ1) is 9.51. The molecule has 3 N–H and O–H groups in total. The van der Waals surface area contributed by atoms with Crippen molar-refractivity contribution in [3.8, 4) is 5.75 Å². The van der Waals surface area contributed by atoms with Gasteiger partial charge < -0.3 is 15.8 Å². The second-order valence-electron chi connectivity index (χ2n) is 4.61. The maximum Gasteiger partial charge on any atom is 0.167 e. The summed E-state index contributed by atoms with van der Waals surface area (Å²) in [5.41, 5.74) is 8.20. The van der Waals surface area contributed by atoms with E-state index in [9.17, 15) is 4.39 Å². The van der Waals surface area contributed by atoms with Crippen LogP contribution in [0.2, 0.25) is 0 Å². The molecule has 0 aliphatic heterocycles. The van der Waals surface area contributed by atoms with Gasteiger partial charge in [-0.1, -0.05) is 0 Å². The number of aryl methyl sites for hydroxylation is 2. The van der Waals surface area contributed by atoms with E-state index in [4.69, 9.17) is 10.5 Å². The number of nitrogen functional groups attached to an aromatic ring is 1. The quantitative estimate of drug-likeness (QED) is 0.816. The molecule has 0 unspecified atom stereocenters. The molecule has 0 bridgehead atoms. The van der Waals surface area contributed by atoms with E-state index >= 15 is 0 Å². The average molecular weight is 294 g/mol. The van der Waals surface area contributed by atoms with Crippen LogP contribution in [0.3, 0.4) is 0 Å². The number of rotatable bonds is 5. The van der Waals surface area contributed by atoms with Crippen LogP contribution < -0.4 is 15.8 Å². The Balaban J connectivity index is 2.14. The minimum absolute atomic E-state index is 0.225. The van der Waals surface area contributed by atoms with Crippen molar-refractivity contribution in [3.63, 3.8) is 0 Å². The van der Waals surface area contributed by atoms with E-state index in [2.05, 4.69) is 25.2 Å². The molecule has 2 rings (SSSR count). The van der Waals surface area contributed by atoms with Crippen molar-refractivity contribution in [2.24, 2.45) is 0 Å². The van der Waals surface area contributed by atoms with E-state index in [1.807, 2.05) is 6.92 Å². The molecule has 0 saturated carbocycles. The minimum Gasteiger partial charge on any atom is -0.491 e. The molecule has 3 nitrogen and oxygen atoms in total. The fourth-order valence-electron chi connectivity index (χ4n) is 1.91. The smallest absolute Gasteiger partial charge is 0.167 e. The van der Waals surface area contributed by atoms with Crippen molar-refractivity contribution < 1.29 is 9.13 Å². The van der Waals surface area contributed by atoms with Gasteiger partial charge in [0.1, 0.15) is 0 Å². The zero-order valence-corrected chi connectivity index (χ0v) is 12.7. The number of benzene rings is 1. The van der Waals surface area contributed by atoms with Crippen molar-refractivity contribution in [1.82, 2.24) is 0 Å². The third-order valence-electron chi connectivity index (χ3n) is 3.07. The largest absolute Gasteiger partial charge is 0.491 e. The molecule has 0 amide bonds. The fraction of sp³-hybridized carbons (Fsp3) is 0.333. The predicted molar refractivity (Wildman–Crippen MR) is 83.1 cm³/mol. The summed E-state index contributed by atoms with van der Waals surface area (Å²) in [6, 6.07) is 5.05. The number of hydrogen-bond donors (Lipinski definition) is 2. The van der Waals surface area contributed by atoms with Crippen LogP contribution in [0.25, 0.3) is 0 Å². The van der Waals surface area contributed by atoms with Crippen molar-refractivity contribution in [2.45, 2.75) is 27.3 Å². The van der Waals surface area contributed by atoms with Crippen LogP contribution in [-0.4, -0.2) is 6.61 Å². The summed E-state index contributed by atoms with van der Waals surface area (Å²) in [6.07, 6.45) is 0. The Bertz CT molecular complexity index is 591. The highest BCUT2D eigenvalue weighted by molar-refractivity contribution is 7.12. The monoisotopic (exact) mass is 294 g/mol. The Labute approximate surface area is 122 Å². The Kier molecular flexibility index (Phi) is 4.49. The van der Waals surface area contributed by atoms with E-state index < -0.39 is 5.82 Å². The van der Waals surface area contributed by atoms with E-state index in [-0.39, 0.29) is 5.75 Å². The molecule has 20 heavy (non-hydrogen) atoms. The van der Waals surface area contributed by atoms with Crippen molar-refractivity contribution in [3.05, 3.63) is 39.3 Å². The molecule has 2 aromatic rings. The van der Waals surface area contributed by atoms with Crippen LogP contribution in [0.5, 0.6) is 5.75 Å². The van der Waals surface area contributed by atoms with Gasteiger partial charge in [0, 0.05) is 28.4 Å². The van der Waals surface area contributed by atoms with Gasteiger partial charge in [-0.15, -0.1) is 11.3 Å². The molecule has 0 aliphatic rings. The summed E-state index contributed by atoms with van der Waals surface area (Å²) in [7, 11) is 0. The summed E-state index contributed by atoms with van der Waals surface area (Å²) in [4.78, 5) is 2.53. The molecule has 1 aromatic carbocycles. The van der Waals surface area contributed by atoms with Gasteiger partial charge in [0.2, 0.25) is 0 Å². The molecule has 0 radical (unpaired) electrons. The van der Waals surface area contributed by atoms with Crippen LogP contribution in [0.15, 0.2) is 18.2 Å². The number of thiophene rings is 1. The van der Waals surface area contributed by atoms with E-state index in [1.54, 1.807) is 17.4 Å². The normalized spacial score (nSPS) is 10.6. The summed E-state index contributed by atoms with van der Waals surface area (Å²) >= 11 is 1.75. The number of halogens is 1. The maximum atomic E-state index is 13.6. The molecule has 0 saturated heterocycles. The van der Waals surface area contributed by atoms with Gasteiger partial charge in [-0.25, -0.2) is 4.39 Å². The first kappa shape index (κ1) is 14.7. The lowest BCUT2D eigenvalue weighted by atomic mass is 10.2. The lowest BCUT2D eigenvalue weighted by molar-refractivity contribution is 0.322. The van der Waals surface area contributed by atoms with Gasteiger partial charge in [-0.3, -0.25) is 0 Å². The number of nitrogens with two attached hydrogens (primary N) is 1. The number of nitrogens with one attached hydrogen (secondary N) is 1. The summed E-state index contributed by atoms with van der Waals surface area (Å²) in [5, 5.41) is 3.23. The third kappa shape index (κ3) is 3.22. The van der Waals surface area contributed by atoms with Crippen LogP contribution in [0, 0.1) is 19.7 Å². The Morgan fingerprint density at radius 1 is 1.30 bits per heavy atom. The molecule has 1 heterocycles. The highest BCUT2D eigenvalue weighted by Gasteiger charge is 2.09. The van der Waals surface area contributed by atoms with Gasteiger partial charge in [0.05, 0.1) is 18.0 Å². The SMILES string of the molecule is CCOc1cc(NCc2cc(C)c(C)s2)c(N)cc1F. The number of hydrogen-bond acceptors (Lipinski definition) is 4. The second kappa shape index (κ2) is 6.13. The molecular weight excluding hydrogens is 275 g/mol. The van der Waals surface area contributed by atoms with Crippen molar-refractivity contribution in [2.75, 3.05) is 17.7 Å². The lowest BCUT2D eigenvalue weighted by Crippen LogP contribution is -2.04. The molecule has 108 valence electrons. The average Bonchev–Trinajstić information content (AvgIpc) is 2.71. The van der Waals surface area contributed by atoms with Gasteiger partial charge >= 0.3 is 0 Å². The lowest BCUT2D eigenvalue weighted by Gasteiger charge is -2.12. The topological polar surface area (TPSA) is 47.3 Å². The Morgan fingerprint density at radius 3 is 2.65 bits per heavy atom. The maximum absolute atomic E-state index is 13.6. The van der Waals surface area contributed by atoms with Gasteiger partial charge in [-0.2, -0.15) is 0 Å². The highest BCUT2D eigenvalue weighted by atomic mass is 32.1. The van der Waals surface area contributed by atoms with Gasteiger partial charge in [-0.05, 0) is 32.4 Å². The van der Waals surface area contributed by atoms with Crippen molar-refractivity contribution in [1.29, 1.82) is 0 Å². The zero-order valence-electron chi connectivity index (χ0n) is 11.9. The summed E-state index contributed by atoms with van der Waals surface area (Å²) in [5.74, 6) is -0.208. The molecule has 0 atom stereocenters. The van der Waals surface area contributed by atoms with Crippen molar-refractivity contribution >= 4 is 22.7 Å². The van der Waals surface area contributed by atoms with Gasteiger partial charge in [0.15, 0.2) is 11.6 Å². The minimum atomic E-state index is -0.433. The summed E-state index contributed by atoms with van der Waals surface area (Å²) < 4.78 is 18.8. The van der Waals surface area contributed by atoms with Crippen LogP contribution in [0.4, 0.5) is 15.8 Å². The first-order valence-corrected chi connectivity index (χ1v) is 7.34. The molecule has 0 spiro atoms. The molecule has 5 heteroatoms. The fourth-order valence-corrected chi connectivity index (χ4v) is 2.90. The van der Waals surface area contributed by atoms with Crippen LogP contribution >= 0.6 is 11.3 Å². The standard InChI is InChI=1S/C15H19FN2OS/c1-4-19-15-7-14(13(17)6-12(15)16)18-8-11-5-9(2)10(3)20-11/h5-7,18H,4,8,17H2,1-3H3.